The molecule has 3 heteroatoms. The average Bonchev–Trinajstić information content (AvgIpc) is 2.67. The van der Waals surface area contributed by atoms with Crippen molar-refractivity contribution in [1.82, 2.24) is 9.78 Å². The minimum atomic E-state index is 0.286. The Kier molecular flexibility index (Phi) is 3.93. The van der Waals surface area contributed by atoms with E-state index in [0.29, 0.717) is 5.92 Å². The van der Waals surface area contributed by atoms with Crippen LogP contribution in [0.2, 0.25) is 0 Å². The van der Waals surface area contributed by atoms with E-state index in [1.165, 1.54) is 5.56 Å². The van der Waals surface area contributed by atoms with Gasteiger partial charge in [0.05, 0.1) is 11.3 Å². The Hall–Kier alpha value is -1.77. The van der Waals surface area contributed by atoms with E-state index in [1.807, 2.05) is 12.1 Å². The number of benzene rings is 1. The first-order valence-electron chi connectivity index (χ1n) is 6.88. The molecule has 3 nitrogen and oxygen atoms in total. The summed E-state index contributed by atoms with van der Waals surface area (Å²) in [5, 5.41) is 14.9. The average molecular weight is 258 g/mol. The van der Waals surface area contributed by atoms with Crippen molar-refractivity contribution >= 4 is 0 Å². The standard InChI is InChI=1S/C16H22N2O/c1-5-14-15(13-8-6-12(4)7-9-13)16(19)18(17-14)10-11(2)3/h6-9,11,19H,5,10H2,1-4H3. The van der Waals surface area contributed by atoms with Crippen molar-refractivity contribution in [2.24, 2.45) is 5.92 Å². The van der Waals surface area contributed by atoms with Gasteiger partial charge >= 0.3 is 0 Å². The summed E-state index contributed by atoms with van der Waals surface area (Å²) in [5.41, 5.74) is 4.09. The normalized spacial score (nSPS) is 11.2. The lowest BCUT2D eigenvalue weighted by atomic mass is 10.0. The van der Waals surface area contributed by atoms with Crippen LogP contribution in [0.4, 0.5) is 0 Å². The van der Waals surface area contributed by atoms with Gasteiger partial charge in [-0.15, -0.1) is 0 Å². The minimum Gasteiger partial charge on any atom is -0.493 e. The summed E-state index contributed by atoms with van der Waals surface area (Å²) in [6, 6.07) is 8.22. The van der Waals surface area contributed by atoms with Crippen LogP contribution < -0.4 is 0 Å². The molecule has 0 radical (unpaired) electrons. The number of aromatic hydroxyl groups is 1. The van der Waals surface area contributed by atoms with Crippen LogP contribution in [0.5, 0.6) is 5.88 Å². The number of nitrogens with zero attached hydrogens (tertiary/aromatic N) is 2. The van der Waals surface area contributed by atoms with Gasteiger partial charge in [-0.1, -0.05) is 50.6 Å². The Labute approximate surface area is 114 Å². The Morgan fingerprint density at radius 3 is 2.37 bits per heavy atom. The van der Waals surface area contributed by atoms with E-state index in [9.17, 15) is 5.11 Å². The zero-order valence-corrected chi connectivity index (χ0v) is 12.1. The van der Waals surface area contributed by atoms with E-state index in [-0.39, 0.29) is 5.88 Å². The highest BCUT2D eigenvalue weighted by Gasteiger charge is 2.18. The van der Waals surface area contributed by atoms with E-state index in [0.717, 1.165) is 29.8 Å². The summed E-state index contributed by atoms with van der Waals surface area (Å²) in [4.78, 5) is 0. The van der Waals surface area contributed by atoms with Gasteiger partial charge in [0.25, 0.3) is 0 Å². The fourth-order valence-corrected chi connectivity index (χ4v) is 2.24. The van der Waals surface area contributed by atoms with Crippen LogP contribution in [0.3, 0.4) is 0 Å². The van der Waals surface area contributed by atoms with Gasteiger partial charge in [-0.25, -0.2) is 4.68 Å². The number of hydrogen-bond donors (Lipinski definition) is 1. The van der Waals surface area contributed by atoms with Gasteiger partial charge in [0, 0.05) is 6.54 Å². The molecule has 1 aromatic heterocycles. The molecule has 19 heavy (non-hydrogen) atoms. The third kappa shape index (κ3) is 2.80. The van der Waals surface area contributed by atoms with Gasteiger partial charge in [0.1, 0.15) is 0 Å². The van der Waals surface area contributed by atoms with Crippen molar-refractivity contribution in [1.29, 1.82) is 0 Å². The molecule has 2 aromatic rings. The second kappa shape index (κ2) is 5.47. The van der Waals surface area contributed by atoms with Crippen LogP contribution in [0, 0.1) is 12.8 Å². The number of aromatic nitrogens is 2. The molecule has 0 atom stereocenters. The molecular formula is C16H22N2O. The van der Waals surface area contributed by atoms with Crippen LogP contribution in [0.25, 0.3) is 11.1 Å². The van der Waals surface area contributed by atoms with Crippen molar-refractivity contribution in [2.45, 2.75) is 40.7 Å². The lowest BCUT2D eigenvalue weighted by molar-refractivity contribution is 0.372. The molecule has 0 saturated heterocycles. The summed E-state index contributed by atoms with van der Waals surface area (Å²) in [6.07, 6.45) is 0.821. The number of hydrogen-bond acceptors (Lipinski definition) is 2. The zero-order valence-electron chi connectivity index (χ0n) is 12.1. The molecular weight excluding hydrogens is 236 g/mol. The zero-order chi connectivity index (χ0) is 14.0. The molecule has 1 aromatic carbocycles. The highest BCUT2D eigenvalue weighted by molar-refractivity contribution is 5.71. The lowest BCUT2D eigenvalue weighted by Crippen LogP contribution is -2.05. The van der Waals surface area contributed by atoms with Gasteiger partial charge in [-0.05, 0) is 24.8 Å². The van der Waals surface area contributed by atoms with Crippen molar-refractivity contribution in [3.05, 3.63) is 35.5 Å². The predicted molar refractivity (Wildman–Crippen MR) is 78.3 cm³/mol. The maximum Gasteiger partial charge on any atom is 0.217 e. The molecule has 2 rings (SSSR count). The Morgan fingerprint density at radius 1 is 1.21 bits per heavy atom. The Balaban J connectivity index is 2.49. The molecule has 0 spiro atoms. The summed E-state index contributed by atoms with van der Waals surface area (Å²) in [7, 11) is 0. The Bertz CT molecular complexity index is 553. The minimum absolute atomic E-state index is 0.286. The molecule has 102 valence electrons. The first-order chi connectivity index (χ1) is 9.02. The SMILES string of the molecule is CCc1nn(CC(C)C)c(O)c1-c1ccc(C)cc1. The molecule has 0 aliphatic rings. The highest BCUT2D eigenvalue weighted by atomic mass is 16.3. The molecule has 0 fully saturated rings. The van der Waals surface area contributed by atoms with E-state index in [1.54, 1.807) is 4.68 Å². The first-order valence-corrected chi connectivity index (χ1v) is 6.88. The topological polar surface area (TPSA) is 38.0 Å². The van der Waals surface area contributed by atoms with Crippen LogP contribution in [-0.4, -0.2) is 14.9 Å². The molecule has 0 aliphatic heterocycles. The third-order valence-corrected chi connectivity index (χ3v) is 3.21. The van der Waals surface area contributed by atoms with E-state index < -0.39 is 0 Å². The second-order valence-electron chi connectivity index (χ2n) is 5.44. The van der Waals surface area contributed by atoms with Gasteiger partial charge in [0.15, 0.2) is 0 Å². The highest BCUT2D eigenvalue weighted by Crippen LogP contribution is 2.33. The Morgan fingerprint density at radius 2 is 1.84 bits per heavy atom. The van der Waals surface area contributed by atoms with Gasteiger partial charge < -0.3 is 5.11 Å². The quantitative estimate of drug-likeness (QED) is 0.906. The van der Waals surface area contributed by atoms with E-state index >= 15 is 0 Å². The molecule has 0 aliphatic carbocycles. The second-order valence-corrected chi connectivity index (χ2v) is 5.44. The molecule has 0 saturated carbocycles. The smallest absolute Gasteiger partial charge is 0.217 e. The lowest BCUT2D eigenvalue weighted by Gasteiger charge is -2.06. The molecule has 0 amide bonds. The van der Waals surface area contributed by atoms with Crippen molar-refractivity contribution in [3.8, 4) is 17.0 Å². The van der Waals surface area contributed by atoms with Crippen molar-refractivity contribution in [2.75, 3.05) is 0 Å². The number of rotatable bonds is 4. The monoisotopic (exact) mass is 258 g/mol. The summed E-state index contributed by atoms with van der Waals surface area (Å²) >= 11 is 0. The van der Waals surface area contributed by atoms with Crippen molar-refractivity contribution in [3.63, 3.8) is 0 Å². The van der Waals surface area contributed by atoms with Crippen LogP contribution in [0.15, 0.2) is 24.3 Å². The van der Waals surface area contributed by atoms with Gasteiger partial charge in [0.2, 0.25) is 5.88 Å². The summed E-state index contributed by atoms with van der Waals surface area (Å²) in [6.45, 7) is 9.12. The van der Waals surface area contributed by atoms with E-state index in [4.69, 9.17) is 0 Å². The van der Waals surface area contributed by atoms with Crippen molar-refractivity contribution < 1.29 is 5.11 Å². The van der Waals surface area contributed by atoms with Crippen LogP contribution in [-0.2, 0) is 13.0 Å². The fourth-order valence-electron chi connectivity index (χ4n) is 2.24. The van der Waals surface area contributed by atoms with Gasteiger partial charge in [-0.3, -0.25) is 0 Å². The maximum absolute atomic E-state index is 10.4. The van der Waals surface area contributed by atoms with E-state index in [2.05, 4.69) is 44.9 Å². The molecule has 0 bridgehead atoms. The van der Waals surface area contributed by atoms with Crippen LogP contribution >= 0.6 is 0 Å². The fraction of sp³-hybridized carbons (Fsp3) is 0.438. The largest absolute Gasteiger partial charge is 0.493 e. The summed E-state index contributed by atoms with van der Waals surface area (Å²) in [5.74, 6) is 0.746. The molecule has 0 unspecified atom stereocenters. The number of aryl methyl sites for hydroxylation is 2. The third-order valence-electron chi connectivity index (χ3n) is 3.21. The van der Waals surface area contributed by atoms with Gasteiger partial charge in [-0.2, -0.15) is 5.10 Å². The predicted octanol–water partition coefficient (Wildman–Crippen LogP) is 3.78. The molecule has 1 N–H and O–H groups in total. The molecule has 1 heterocycles. The summed E-state index contributed by atoms with van der Waals surface area (Å²) < 4.78 is 1.72. The van der Waals surface area contributed by atoms with Crippen LogP contribution in [0.1, 0.15) is 32.0 Å². The maximum atomic E-state index is 10.4. The first kappa shape index (κ1) is 13.7.